The lowest BCUT2D eigenvalue weighted by atomic mass is 10.2. The fourth-order valence-electron chi connectivity index (χ4n) is 1.42. The van der Waals surface area contributed by atoms with Crippen molar-refractivity contribution >= 4 is 33.0 Å². The Labute approximate surface area is 99.1 Å². The van der Waals surface area contributed by atoms with Crippen LogP contribution in [0.15, 0.2) is 29.2 Å². The number of hydrogen-bond donors (Lipinski definition) is 0. The predicted octanol–water partition coefficient (Wildman–Crippen LogP) is 2.71. The summed E-state index contributed by atoms with van der Waals surface area (Å²) in [6.45, 7) is 1.90. The molecule has 1 aliphatic carbocycles. The van der Waals surface area contributed by atoms with Crippen molar-refractivity contribution in [1.29, 1.82) is 0 Å². The van der Waals surface area contributed by atoms with E-state index < -0.39 is 19.4 Å². The SMILES string of the molecule is Cc1ccc(S(=O)(=O)[C@H]2CC2(Cl)Cl)cc1. The van der Waals surface area contributed by atoms with Crippen LogP contribution in [0.4, 0.5) is 0 Å². The summed E-state index contributed by atoms with van der Waals surface area (Å²) < 4.78 is 22.8. The summed E-state index contributed by atoms with van der Waals surface area (Å²) in [7, 11) is -3.35. The van der Waals surface area contributed by atoms with Crippen molar-refractivity contribution in [2.24, 2.45) is 0 Å². The number of aryl methyl sites for hydroxylation is 1. The molecule has 5 heteroatoms. The van der Waals surface area contributed by atoms with Gasteiger partial charge in [-0.3, -0.25) is 0 Å². The Morgan fingerprint density at radius 1 is 1.27 bits per heavy atom. The Morgan fingerprint density at radius 2 is 1.73 bits per heavy atom. The summed E-state index contributed by atoms with van der Waals surface area (Å²) in [5.41, 5.74) is 1.02. The van der Waals surface area contributed by atoms with Crippen LogP contribution in [-0.2, 0) is 9.84 Å². The summed E-state index contributed by atoms with van der Waals surface area (Å²) in [4.78, 5) is 0.293. The van der Waals surface area contributed by atoms with Crippen LogP contribution in [-0.4, -0.2) is 18.0 Å². The van der Waals surface area contributed by atoms with E-state index in [4.69, 9.17) is 23.2 Å². The predicted molar refractivity (Wildman–Crippen MR) is 61.2 cm³/mol. The molecule has 2 nitrogen and oxygen atoms in total. The molecule has 2 rings (SSSR count). The second kappa shape index (κ2) is 3.37. The number of rotatable bonds is 2. The Balaban J connectivity index is 2.36. The average molecular weight is 265 g/mol. The topological polar surface area (TPSA) is 34.1 Å². The van der Waals surface area contributed by atoms with Crippen LogP contribution < -0.4 is 0 Å². The van der Waals surface area contributed by atoms with Crippen LogP contribution in [0.25, 0.3) is 0 Å². The zero-order valence-corrected chi connectivity index (χ0v) is 10.4. The molecule has 0 aromatic heterocycles. The fourth-order valence-corrected chi connectivity index (χ4v) is 4.39. The maximum atomic E-state index is 12.0. The monoisotopic (exact) mass is 264 g/mol. The van der Waals surface area contributed by atoms with Gasteiger partial charge in [0.2, 0.25) is 0 Å². The van der Waals surface area contributed by atoms with Gasteiger partial charge in [-0.2, -0.15) is 0 Å². The minimum atomic E-state index is -3.35. The number of sulfone groups is 1. The molecule has 0 heterocycles. The number of halogens is 2. The van der Waals surface area contributed by atoms with Gasteiger partial charge >= 0.3 is 0 Å². The highest BCUT2D eigenvalue weighted by molar-refractivity contribution is 7.92. The highest BCUT2D eigenvalue weighted by atomic mass is 35.5. The van der Waals surface area contributed by atoms with Gasteiger partial charge in [-0.25, -0.2) is 8.42 Å². The Hall–Kier alpha value is -0.250. The first-order valence-electron chi connectivity index (χ1n) is 4.52. The Morgan fingerprint density at radius 3 is 2.13 bits per heavy atom. The van der Waals surface area contributed by atoms with E-state index in [0.29, 0.717) is 11.3 Å². The van der Waals surface area contributed by atoms with Crippen LogP contribution in [0, 0.1) is 6.92 Å². The van der Waals surface area contributed by atoms with E-state index in [1.165, 1.54) is 0 Å². The highest BCUT2D eigenvalue weighted by Crippen LogP contribution is 2.53. The van der Waals surface area contributed by atoms with E-state index in [2.05, 4.69) is 0 Å². The van der Waals surface area contributed by atoms with E-state index >= 15 is 0 Å². The van der Waals surface area contributed by atoms with Gasteiger partial charge in [0.05, 0.1) is 4.90 Å². The summed E-state index contributed by atoms with van der Waals surface area (Å²) in [5, 5.41) is -0.656. The molecule has 0 saturated heterocycles. The molecule has 1 atom stereocenters. The van der Waals surface area contributed by atoms with Crippen LogP contribution >= 0.6 is 23.2 Å². The second-order valence-corrected chi connectivity index (χ2v) is 7.48. The van der Waals surface area contributed by atoms with Crippen molar-refractivity contribution in [2.75, 3.05) is 0 Å². The molecule has 0 unspecified atom stereocenters. The van der Waals surface area contributed by atoms with Gasteiger partial charge in [-0.1, -0.05) is 17.7 Å². The zero-order chi connectivity index (χ0) is 11.3. The number of alkyl halides is 2. The Kier molecular flexibility index (Phi) is 2.53. The van der Waals surface area contributed by atoms with Crippen LogP contribution in [0.1, 0.15) is 12.0 Å². The van der Waals surface area contributed by atoms with E-state index in [1.54, 1.807) is 24.3 Å². The lowest BCUT2D eigenvalue weighted by Gasteiger charge is -2.04. The molecule has 0 bridgehead atoms. The quantitative estimate of drug-likeness (QED) is 0.770. The van der Waals surface area contributed by atoms with E-state index in [-0.39, 0.29) is 0 Å². The van der Waals surface area contributed by atoms with Gasteiger partial charge in [0.15, 0.2) is 9.84 Å². The van der Waals surface area contributed by atoms with Crippen molar-refractivity contribution in [3.05, 3.63) is 29.8 Å². The van der Waals surface area contributed by atoms with E-state index in [1.807, 2.05) is 6.92 Å². The molecule has 0 radical (unpaired) electrons. The fraction of sp³-hybridized carbons (Fsp3) is 0.400. The molecule has 82 valence electrons. The molecule has 1 aromatic carbocycles. The summed E-state index contributed by atoms with van der Waals surface area (Å²) in [6.07, 6.45) is 0.312. The van der Waals surface area contributed by atoms with Crippen LogP contribution in [0.5, 0.6) is 0 Å². The standard InChI is InChI=1S/C10H10Cl2O2S/c1-7-2-4-8(5-3-7)15(13,14)9-6-10(9,11)12/h2-5,9H,6H2,1H3/t9-/m0/s1. The van der Waals surface area contributed by atoms with E-state index in [9.17, 15) is 8.42 Å². The molecule has 1 saturated carbocycles. The van der Waals surface area contributed by atoms with Gasteiger partial charge in [0.25, 0.3) is 0 Å². The maximum Gasteiger partial charge on any atom is 0.184 e. The molecule has 0 aliphatic heterocycles. The molecular weight excluding hydrogens is 255 g/mol. The maximum absolute atomic E-state index is 12.0. The van der Waals surface area contributed by atoms with Crippen molar-refractivity contribution in [2.45, 2.75) is 27.8 Å². The average Bonchev–Trinajstić information content (AvgIpc) is 2.77. The first kappa shape index (κ1) is 11.2. The van der Waals surface area contributed by atoms with Gasteiger partial charge in [-0.15, -0.1) is 23.2 Å². The molecule has 0 spiro atoms. The summed E-state index contributed by atoms with van der Waals surface area (Å²) in [5.74, 6) is 0. The molecule has 1 fully saturated rings. The molecule has 1 aromatic rings. The van der Waals surface area contributed by atoms with Crippen molar-refractivity contribution in [3.8, 4) is 0 Å². The summed E-state index contributed by atoms with van der Waals surface area (Å²) in [6, 6.07) is 6.71. The smallest absolute Gasteiger partial charge is 0.184 e. The Bertz CT molecular complexity index is 477. The largest absolute Gasteiger partial charge is 0.223 e. The third-order valence-corrected chi connectivity index (χ3v) is 5.83. The highest BCUT2D eigenvalue weighted by Gasteiger charge is 2.59. The minimum Gasteiger partial charge on any atom is -0.223 e. The van der Waals surface area contributed by atoms with Crippen molar-refractivity contribution < 1.29 is 8.42 Å². The van der Waals surface area contributed by atoms with Crippen molar-refractivity contribution in [3.63, 3.8) is 0 Å². The zero-order valence-electron chi connectivity index (χ0n) is 8.07. The lowest BCUT2D eigenvalue weighted by Crippen LogP contribution is -2.12. The molecule has 15 heavy (non-hydrogen) atoms. The van der Waals surface area contributed by atoms with Gasteiger partial charge in [0.1, 0.15) is 9.58 Å². The van der Waals surface area contributed by atoms with Gasteiger partial charge in [-0.05, 0) is 19.1 Å². The minimum absolute atomic E-state index is 0.293. The molecule has 1 aliphatic rings. The van der Waals surface area contributed by atoms with E-state index in [0.717, 1.165) is 5.56 Å². The lowest BCUT2D eigenvalue weighted by molar-refractivity contribution is 0.594. The van der Waals surface area contributed by atoms with Gasteiger partial charge in [0, 0.05) is 6.42 Å². The van der Waals surface area contributed by atoms with Crippen LogP contribution in [0.3, 0.4) is 0 Å². The normalized spacial score (nSPS) is 23.8. The van der Waals surface area contributed by atoms with Crippen LogP contribution in [0.2, 0.25) is 0 Å². The molecular formula is C10H10Cl2O2S. The first-order chi connectivity index (χ1) is 6.84. The first-order valence-corrected chi connectivity index (χ1v) is 6.83. The van der Waals surface area contributed by atoms with Crippen molar-refractivity contribution in [1.82, 2.24) is 0 Å². The molecule has 0 N–H and O–H groups in total. The third-order valence-electron chi connectivity index (χ3n) is 2.49. The second-order valence-electron chi connectivity index (χ2n) is 3.81. The summed E-state index contributed by atoms with van der Waals surface area (Å²) >= 11 is 11.5. The number of hydrogen-bond acceptors (Lipinski definition) is 2. The number of benzene rings is 1. The third kappa shape index (κ3) is 2.01. The molecule has 0 amide bonds. The van der Waals surface area contributed by atoms with Gasteiger partial charge < -0.3 is 0 Å².